The van der Waals surface area contributed by atoms with Crippen LogP contribution in [0.1, 0.15) is 56.6 Å². The van der Waals surface area contributed by atoms with Crippen LogP contribution in [0.15, 0.2) is 24.3 Å². The molecule has 2 fully saturated rings. The molecule has 0 bridgehead atoms. The molecule has 128 valence electrons. The standard InChI is InChI=1S/C18H25FN2O.ClH/c19-15-8-3-7-14(11-15)18(13-5-1-2-6-13)21-17(22)12-16-9-4-10-20-16;/h3,7-8,11,13,16,18,20H,1-2,4-6,9-10,12H2,(H,21,22);1H. The molecule has 3 nitrogen and oxygen atoms in total. The summed E-state index contributed by atoms with van der Waals surface area (Å²) in [7, 11) is 0. The molecular formula is C18H26ClFN2O. The van der Waals surface area contributed by atoms with Gasteiger partial charge in [-0.3, -0.25) is 4.79 Å². The predicted octanol–water partition coefficient (Wildman–Crippen LogP) is 3.74. The van der Waals surface area contributed by atoms with Crippen molar-refractivity contribution >= 4 is 18.3 Å². The number of rotatable bonds is 5. The van der Waals surface area contributed by atoms with E-state index >= 15 is 0 Å². The number of carbonyl (C=O) groups excluding carboxylic acids is 1. The van der Waals surface area contributed by atoms with E-state index in [1.807, 2.05) is 6.07 Å². The highest BCUT2D eigenvalue weighted by molar-refractivity contribution is 5.85. The third-order valence-electron chi connectivity index (χ3n) is 4.99. The highest BCUT2D eigenvalue weighted by Crippen LogP contribution is 2.36. The lowest BCUT2D eigenvalue weighted by atomic mass is 9.91. The Balaban J connectivity index is 0.00000192. The van der Waals surface area contributed by atoms with Gasteiger partial charge in [0.1, 0.15) is 5.82 Å². The smallest absolute Gasteiger partial charge is 0.222 e. The van der Waals surface area contributed by atoms with E-state index in [0.29, 0.717) is 18.4 Å². The fourth-order valence-corrected chi connectivity index (χ4v) is 3.85. The van der Waals surface area contributed by atoms with Crippen molar-refractivity contribution in [3.8, 4) is 0 Å². The Morgan fingerprint density at radius 3 is 2.70 bits per heavy atom. The normalized spacial score (nSPS) is 22.6. The van der Waals surface area contributed by atoms with E-state index in [0.717, 1.165) is 37.8 Å². The number of benzene rings is 1. The highest BCUT2D eigenvalue weighted by Gasteiger charge is 2.29. The van der Waals surface area contributed by atoms with Gasteiger partial charge in [-0.1, -0.05) is 25.0 Å². The summed E-state index contributed by atoms with van der Waals surface area (Å²) in [5.41, 5.74) is 0.902. The molecule has 2 unspecified atom stereocenters. The van der Waals surface area contributed by atoms with E-state index in [9.17, 15) is 9.18 Å². The van der Waals surface area contributed by atoms with Gasteiger partial charge in [0.05, 0.1) is 6.04 Å². The van der Waals surface area contributed by atoms with E-state index < -0.39 is 0 Å². The Bertz CT molecular complexity index is 513. The zero-order valence-electron chi connectivity index (χ0n) is 13.4. The van der Waals surface area contributed by atoms with Crippen molar-refractivity contribution in [1.29, 1.82) is 0 Å². The second kappa shape index (κ2) is 8.65. The molecule has 1 saturated heterocycles. The molecule has 1 heterocycles. The lowest BCUT2D eigenvalue weighted by Crippen LogP contribution is -2.36. The highest BCUT2D eigenvalue weighted by atomic mass is 35.5. The lowest BCUT2D eigenvalue weighted by Gasteiger charge is -2.26. The van der Waals surface area contributed by atoms with Gasteiger partial charge in [-0.05, 0) is 55.8 Å². The van der Waals surface area contributed by atoms with E-state index in [1.165, 1.54) is 18.9 Å². The van der Waals surface area contributed by atoms with Crippen LogP contribution in [0.5, 0.6) is 0 Å². The summed E-state index contributed by atoms with van der Waals surface area (Å²) >= 11 is 0. The Hall–Kier alpha value is -1.13. The molecule has 1 aromatic rings. The van der Waals surface area contributed by atoms with Gasteiger partial charge in [0.2, 0.25) is 5.91 Å². The minimum atomic E-state index is -0.229. The predicted molar refractivity (Wildman–Crippen MR) is 92.1 cm³/mol. The zero-order valence-corrected chi connectivity index (χ0v) is 14.2. The summed E-state index contributed by atoms with van der Waals surface area (Å²) in [6, 6.07) is 6.94. The SMILES string of the molecule is Cl.O=C(CC1CCCN1)NC(c1cccc(F)c1)C1CCCC1. The van der Waals surface area contributed by atoms with Gasteiger partial charge >= 0.3 is 0 Å². The van der Waals surface area contributed by atoms with Crippen LogP contribution in [-0.4, -0.2) is 18.5 Å². The van der Waals surface area contributed by atoms with Crippen molar-refractivity contribution in [2.75, 3.05) is 6.54 Å². The van der Waals surface area contributed by atoms with E-state index in [4.69, 9.17) is 0 Å². The molecule has 1 aromatic carbocycles. The first kappa shape index (κ1) is 18.2. The van der Waals surface area contributed by atoms with Crippen LogP contribution < -0.4 is 10.6 Å². The van der Waals surface area contributed by atoms with Gasteiger partial charge < -0.3 is 10.6 Å². The van der Waals surface area contributed by atoms with Crippen LogP contribution in [0.2, 0.25) is 0 Å². The molecule has 3 rings (SSSR count). The monoisotopic (exact) mass is 340 g/mol. The zero-order chi connectivity index (χ0) is 15.4. The van der Waals surface area contributed by atoms with Gasteiger partial charge in [-0.2, -0.15) is 0 Å². The molecular weight excluding hydrogens is 315 g/mol. The number of hydrogen-bond donors (Lipinski definition) is 2. The van der Waals surface area contributed by atoms with Crippen molar-refractivity contribution in [2.45, 2.75) is 57.0 Å². The Kier molecular flexibility index (Phi) is 6.85. The molecule has 1 amide bonds. The van der Waals surface area contributed by atoms with Crippen LogP contribution in [0.3, 0.4) is 0 Å². The van der Waals surface area contributed by atoms with Crippen LogP contribution in [-0.2, 0) is 4.79 Å². The molecule has 1 saturated carbocycles. The molecule has 1 aliphatic carbocycles. The summed E-state index contributed by atoms with van der Waals surface area (Å²) in [5.74, 6) is 0.287. The Morgan fingerprint density at radius 1 is 1.26 bits per heavy atom. The number of hydrogen-bond acceptors (Lipinski definition) is 2. The minimum absolute atomic E-state index is 0. The third kappa shape index (κ3) is 4.92. The first-order valence-corrected chi connectivity index (χ1v) is 8.50. The lowest BCUT2D eigenvalue weighted by molar-refractivity contribution is -0.122. The maximum absolute atomic E-state index is 13.6. The molecule has 0 spiro atoms. The average Bonchev–Trinajstić information content (AvgIpc) is 3.18. The molecule has 1 aliphatic heterocycles. The van der Waals surface area contributed by atoms with Gasteiger partial charge in [-0.15, -0.1) is 12.4 Å². The fourth-order valence-electron chi connectivity index (χ4n) is 3.85. The summed E-state index contributed by atoms with van der Waals surface area (Å²) in [6.07, 6.45) is 7.38. The molecule has 0 radical (unpaired) electrons. The molecule has 5 heteroatoms. The van der Waals surface area contributed by atoms with Crippen molar-refractivity contribution in [1.82, 2.24) is 10.6 Å². The summed E-state index contributed by atoms with van der Waals surface area (Å²) < 4.78 is 13.6. The second-order valence-corrected chi connectivity index (χ2v) is 6.64. The van der Waals surface area contributed by atoms with E-state index in [1.54, 1.807) is 12.1 Å². The van der Waals surface area contributed by atoms with Crippen LogP contribution in [0.25, 0.3) is 0 Å². The minimum Gasteiger partial charge on any atom is -0.349 e. The Labute approximate surface area is 143 Å². The van der Waals surface area contributed by atoms with Crippen molar-refractivity contribution in [3.63, 3.8) is 0 Å². The number of amides is 1. The molecule has 23 heavy (non-hydrogen) atoms. The quantitative estimate of drug-likeness (QED) is 0.857. The molecule has 0 aromatic heterocycles. The molecule has 2 aliphatic rings. The summed E-state index contributed by atoms with van der Waals surface area (Å²) in [5, 5.41) is 6.54. The van der Waals surface area contributed by atoms with Gasteiger partial charge in [0.25, 0.3) is 0 Å². The maximum atomic E-state index is 13.6. The second-order valence-electron chi connectivity index (χ2n) is 6.64. The first-order valence-electron chi connectivity index (χ1n) is 8.50. The third-order valence-corrected chi connectivity index (χ3v) is 4.99. The van der Waals surface area contributed by atoms with Gasteiger partial charge in [0, 0.05) is 12.5 Å². The first-order chi connectivity index (χ1) is 10.7. The largest absolute Gasteiger partial charge is 0.349 e. The number of carbonyl (C=O) groups is 1. The van der Waals surface area contributed by atoms with Gasteiger partial charge in [0.15, 0.2) is 0 Å². The molecule has 2 atom stereocenters. The topological polar surface area (TPSA) is 41.1 Å². The van der Waals surface area contributed by atoms with E-state index in [2.05, 4.69) is 10.6 Å². The number of nitrogens with one attached hydrogen (secondary N) is 2. The fraction of sp³-hybridized carbons (Fsp3) is 0.611. The van der Waals surface area contributed by atoms with Crippen LogP contribution in [0.4, 0.5) is 4.39 Å². The Morgan fingerprint density at radius 2 is 2.04 bits per heavy atom. The van der Waals surface area contributed by atoms with Crippen LogP contribution in [0, 0.1) is 11.7 Å². The summed E-state index contributed by atoms with van der Waals surface area (Å²) in [4.78, 5) is 12.4. The van der Waals surface area contributed by atoms with Crippen LogP contribution >= 0.6 is 12.4 Å². The van der Waals surface area contributed by atoms with E-state index in [-0.39, 0.29) is 30.2 Å². The molecule has 2 N–H and O–H groups in total. The van der Waals surface area contributed by atoms with Crippen molar-refractivity contribution in [2.24, 2.45) is 5.92 Å². The maximum Gasteiger partial charge on any atom is 0.222 e. The van der Waals surface area contributed by atoms with Crippen molar-refractivity contribution < 1.29 is 9.18 Å². The van der Waals surface area contributed by atoms with Crippen molar-refractivity contribution in [3.05, 3.63) is 35.6 Å². The summed E-state index contributed by atoms with van der Waals surface area (Å²) in [6.45, 7) is 1.01. The number of halogens is 2. The van der Waals surface area contributed by atoms with Gasteiger partial charge in [-0.25, -0.2) is 4.39 Å². The average molecular weight is 341 g/mol.